The van der Waals surface area contributed by atoms with Gasteiger partial charge in [-0.3, -0.25) is 9.69 Å². The highest BCUT2D eigenvalue weighted by atomic mass is 19.4. The third-order valence-electron chi connectivity index (χ3n) is 3.98. The molecule has 1 aromatic rings. The van der Waals surface area contributed by atoms with Crippen molar-refractivity contribution >= 4 is 5.91 Å². The fourth-order valence-corrected chi connectivity index (χ4v) is 2.88. The fraction of sp³-hybridized carbons (Fsp3) is 0.562. The molecule has 1 aliphatic rings. The molecule has 0 spiro atoms. The van der Waals surface area contributed by atoms with Gasteiger partial charge < -0.3 is 10.4 Å². The van der Waals surface area contributed by atoms with Crippen LogP contribution in [0.25, 0.3) is 0 Å². The molecular weight excluding hydrogens is 309 g/mol. The molecule has 0 unspecified atom stereocenters. The molecule has 0 bridgehead atoms. The largest absolute Gasteiger partial charge is 0.401 e. The van der Waals surface area contributed by atoms with E-state index in [1.54, 1.807) is 24.3 Å². The van der Waals surface area contributed by atoms with E-state index in [0.29, 0.717) is 19.4 Å². The summed E-state index contributed by atoms with van der Waals surface area (Å²) >= 11 is 0. The van der Waals surface area contributed by atoms with E-state index < -0.39 is 24.7 Å². The molecule has 7 heteroatoms. The predicted octanol–water partition coefficient (Wildman–Crippen LogP) is 2.11. The number of rotatable bonds is 5. The number of carbonyl (C=O) groups excluding carboxylic acids is 1. The minimum Gasteiger partial charge on any atom is -0.394 e. The highest BCUT2D eigenvalue weighted by molar-refractivity contribution is 5.79. The molecule has 1 amide bonds. The minimum atomic E-state index is -4.25. The number of benzene rings is 1. The van der Waals surface area contributed by atoms with E-state index in [4.69, 9.17) is 0 Å². The Bertz CT molecular complexity index is 508. The average molecular weight is 330 g/mol. The minimum absolute atomic E-state index is 0.0955. The van der Waals surface area contributed by atoms with Crippen LogP contribution in [0.5, 0.6) is 0 Å². The van der Waals surface area contributed by atoms with Gasteiger partial charge in [0.1, 0.15) is 0 Å². The van der Waals surface area contributed by atoms with Gasteiger partial charge in [-0.05, 0) is 24.9 Å². The molecule has 1 heterocycles. The van der Waals surface area contributed by atoms with Crippen LogP contribution in [0.1, 0.15) is 24.4 Å². The first-order valence-electron chi connectivity index (χ1n) is 7.64. The number of likely N-dealkylation sites (tertiary alicyclic amines) is 1. The van der Waals surface area contributed by atoms with Crippen LogP contribution in [0.15, 0.2) is 30.3 Å². The number of alkyl halides is 3. The number of nitrogens with zero attached hydrogens (tertiary/aromatic N) is 1. The van der Waals surface area contributed by atoms with Gasteiger partial charge in [0.05, 0.1) is 25.1 Å². The third kappa shape index (κ3) is 5.51. The second kappa shape index (κ2) is 7.79. The third-order valence-corrected chi connectivity index (χ3v) is 3.98. The van der Waals surface area contributed by atoms with Gasteiger partial charge >= 0.3 is 6.18 Å². The summed E-state index contributed by atoms with van der Waals surface area (Å²) in [5, 5.41) is 12.2. The van der Waals surface area contributed by atoms with Crippen molar-refractivity contribution in [3.8, 4) is 0 Å². The Hall–Kier alpha value is -1.60. The molecule has 1 aliphatic heterocycles. The number of amides is 1. The van der Waals surface area contributed by atoms with Crippen LogP contribution in [0, 0.1) is 5.92 Å². The Labute approximate surface area is 133 Å². The van der Waals surface area contributed by atoms with E-state index in [9.17, 15) is 23.1 Å². The normalized spacial score (nSPS) is 21.0. The first-order valence-corrected chi connectivity index (χ1v) is 7.64. The number of aliphatic hydroxyl groups excluding tert-OH is 1. The van der Waals surface area contributed by atoms with Crippen molar-refractivity contribution in [1.29, 1.82) is 0 Å². The molecular formula is C16H21F3N2O2. The van der Waals surface area contributed by atoms with Crippen molar-refractivity contribution in [3.63, 3.8) is 0 Å². The van der Waals surface area contributed by atoms with Gasteiger partial charge in [0.25, 0.3) is 0 Å². The molecule has 2 atom stereocenters. The van der Waals surface area contributed by atoms with E-state index in [0.717, 1.165) is 5.56 Å². The molecule has 2 rings (SSSR count). The van der Waals surface area contributed by atoms with Crippen molar-refractivity contribution < 1.29 is 23.1 Å². The molecule has 0 radical (unpaired) electrons. The molecule has 0 saturated carbocycles. The topological polar surface area (TPSA) is 52.6 Å². The second-order valence-electron chi connectivity index (χ2n) is 5.84. The molecule has 1 aromatic carbocycles. The number of aliphatic hydroxyl groups is 1. The predicted molar refractivity (Wildman–Crippen MR) is 79.6 cm³/mol. The van der Waals surface area contributed by atoms with Crippen molar-refractivity contribution in [3.05, 3.63) is 35.9 Å². The lowest BCUT2D eigenvalue weighted by Gasteiger charge is -2.33. The molecule has 0 aliphatic carbocycles. The van der Waals surface area contributed by atoms with Crippen LogP contribution in [-0.2, 0) is 4.79 Å². The molecule has 2 N–H and O–H groups in total. The van der Waals surface area contributed by atoms with E-state index in [1.165, 1.54) is 4.90 Å². The molecule has 23 heavy (non-hydrogen) atoms. The zero-order valence-electron chi connectivity index (χ0n) is 12.7. The van der Waals surface area contributed by atoms with Crippen LogP contribution < -0.4 is 5.32 Å². The second-order valence-corrected chi connectivity index (χ2v) is 5.84. The van der Waals surface area contributed by atoms with E-state index in [-0.39, 0.29) is 19.1 Å². The summed E-state index contributed by atoms with van der Waals surface area (Å²) in [4.78, 5) is 13.6. The van der Waals surface area contributed by atoms with Crippen molar-refractivity contribution in [2.75, 3.05) is 26.2 Å². The Morgan fingerprint density at radius 2 is 2.04 bits per heavy atom. The number of nitrogens with one attached hydrogen (secondary N) is 1. The van der Waals surface area contributed by atoms with Gasteiger partial charge in [-0.2, -0.15) is 13.2 Å². The van der Waals surface area contributed by atoms with Gasteiger partial charge in [0.15, 0.2) is 0 Å². The Morgan fingerprint density at radius 3 is 2.65 bits per heavy atom. The smallest absolute Gasteiger partial charge is 0.394 e. The summed E-state index contributed by atoms with van der Waals surface area (Å²) in [6.45, 7) is -0.794. The van der Waals surface area contributed by atoms with Gasteiger partial charge in [-0.25, -0.2) is 0 Å². The first kappa shape index (κ1) is 17.7. The lowest BCUT2D eigenvalue weighted by atomic mass is 9.96. The van der Waals surface area contributed by atoms with Gasteiger partial charge in [-0.1, -0.05) is 30.3 Å². The summed E-state index contributed by atoms with van der Waals surface area (Å²) in [5.41, 5.74) is 0.770. The highest BCUT2D eigenvalue weighted by Gasteiger charge is 2.35. The first-order chi connectivity index (χ1) is 10.9. The number of carbonyl (C=O) groups is 1. The van der Waals surface area contributed by atoms with E-state index in [1.807, 2.05) is 6.07 Å². The number of hydrogen-bond acceptors (Lipinski definition) is 3. The summed E-state index contributed by atoms with van der Waals surface area (Å²) in [6, 6.07) is 8.47. The maximum atomic E-state index is 12.5. The summed E-state index contributed by atoms with van der Waals surface area (Å²) in [5.74, 6) is -0.788. The molecule has 128 valence electrons. The fourth-order valence-electron chi connectivity index (χ4n) is 2.88. The van der Waals surface area contributed by atoms with Crippen LogP contribution >= 0.6 is 0 Å². The maximum absolute atomic E-state index is 12.5. The number of piperidine rings is 1. The molecule has 1 saturated heterocycles. The number of halogens is 3. The summed E-state index contributed by atoms with van der Waals surface area (Å²) < 4.78 is 37.4. The summed E-state index contributed by atoms with van der Waals surface area (Å²) in [7, 11) is 0. The van der Waals surface area contributed by atoms with Crippen molar-refractivity contribution in [2.24, 2.45) is 5.92 Å². The lowest BCUT2D eigenvalue weighted by Crippen LogP contribution is -2.47. The highest BCUT2D eigenvalue weighted by Crippen LogP contribution is 2.23. The van der Waals surface area contributed by atoms with Crippen LogP contribution in [0.4, 0.5) is 13.2 Å². The van der Waals surface area contributed by atoms with Gasteiger partial charge in [0, 0.05) is 6.54 Å². The SMILES string of the molecule is O=C(N[C@@H](CO)c1ccccc1)[C@H]1CCCN(CC(F)(F)F)C1. The summed E-state index contributed by atoms with van der Waals surface area (Å²) in [6.07, 6.45) is -3.13. The Balaban J connectivity index is 1.94. The monoisotopic (exact) mass is 330 g/mol. The average Bonchev–Trinajstić information content (AvgIpc) is 2.52. The molecule has 1 fully saturated rings. The van der Waals surface area contributed by atoms with Crippen LogP contribution in [0.2, 0.25) is 0 Å². The van der Waals surface area contributed by atoms with Crippen LogP contribution in [-0.4, -0.2) is 48.3 Å². The zero-order valence-corrected chi connectivity index (χ0v) is 12.7. The maximum Gasteiger partial charge on any atom is 0.401 e. The van der Waals surface area contributed by atoms with Crippen molar-refractivity contribution in [2.45, 2.75) is 25.1 Å². The quantitative estimate of drug-likeness (QED) is 0.869. The Morgan fingerprint density at radius 1 is 1.35 bits per heavy atom. The van der Waals surface area contributed by atoms with E-state index in [2.05, 4.69) is 5.32 Å². The van der Waals surface area contributed by atoms with Gasteiger partial charge in [-0.15, -0.1) is 0 Å². The lowest BCUT2D eigenvalue weighted by molar-refractivity contribution is -0.152. The Kier molecular flexibility index (Phi) is 6.01. The van der Waals surface area contributed by atoms with E-state index >= 15 is 0 Å². The zero-order chi connectivity index (χ0) is 16.9. The molecule has 0 aromatic heterocycles. The number of hydrogen-bond donors (Lipinski definition) is 2. The van der Waals surface area contributed by atoms with Crippen molar-refractivity contribution in [1.82, 2.24) is 10.2 Å². The van der Waals surface area contributed by atoms with Crippen LogP contribution in [0.3, 0.4) is 0 Å². The van der Waals surface area contributed by atoms with Gasteiger partial charge in [0.2, 0.25) is 5.91 Å². The standard InChI is InChI=1S/C16H21F3N2O2/c17-16(18,19)11-21-8-4-7-13(9-21)15(23)20-14(10-22)12-5-2-1-3-6-12/h1-3,5-6,13-14,22H,4,7-11H2,(H,20,23)/t13-,14-/m0/s1. The molecule has 4 nitrogen and oxygen atoms in total.